The first-order valence-electron chi connectivity index (χ1n) is 9.21. The number of fused-ring (bicyclic) bond motifs is 2. The van der Waals surface area contributed by atoms with E-state index in [1.54, 1.807) is 6.07 Å². The summed E-state index contributed by atoms with van der Waals surface area (Å²) < 4.78 is 22.5. The maximum atomic E-state index is 15.0. The molecule has 2 aliphatic heterocycles. The fourth-order valence-electron chi connectivity index (χ4n) is 4.47. The Morgan fingerprint density at radius 1 is 1.30 bits per heavy atom. The molecule has 0 spiro atoms. The Hall–Kier alpha value is -2.45. The molecule has 2 saturated heterocycles. The molecule has 8 heteroatoms. The second kappa shape index (κ2) is 5.77. The minimum Gasteiger partial charge on any atom is -0.477 e. The number of benzene rings is 1. The summed E-state index contributed by atoms with van der Waals surface area (Å²) in [4.78, 5) is 25.9. The molecule has 0 unspecified atom stereocenters. The molecule has 5 rings (SSSR count). The second-order valence-electron chi connectivity index (χ2n) is 7.64. The minimum absolute atomic E-state index is 0.0198. The molecule has 1 aliphatic carbocycles. The van der Waals surface area contributed by atoms with E-state index in [9.17, 15) is 19.1 Å². The number of halogens is 1. The smallest absolute Gasteiger partial charge is 0.341 e. The van der Waals surface area contributed by atoms with Gasteiger partial charge in [0.05, 0.1) is 29.4 Å². The zero-order valence-electron chi connectivity index (χ0n) is 14.6. The van der Waals surface area contributed by atoms with Crippen molar-refractivity contribution in [3.63, 3.8) is 0 Å². The van der Waals surface area contributed by atoms with Crippen LogP contribution in [0.2, 0.25) is 0 Å². The summed E-state index contributed by atoms with van der Waals surface area (Å²) in [6.45, 7) is 1.09. The number of pyridine rings is 1. The third kappa shape index (κ3) is 2.47. The largest absolute Gasteiger partial charge is 0.477 e. The molecule has 3 N–H and O–H groups in total. The van der Waals surface area contributed by atoms with Gasteiger partial charge in [0.2, 0.25) is 5.43 Å². The van der Waals surface area contributed by atoms with Crippen molar-refractivity contribution in [2.75, 3.05) is 18.1 Å². The Morgan fingerprint density at radius 2 is 2.07 bits per heavy atom. The lowest BCUT2D eigenvalue weighted by atomic mass is 10.1. The van der Waals surface area contributed by atoms with Gasteiger partial charge >= 0.3 is 5.97 Å². The van der Waals surface area contributed by atoms with Crippen molar-refractivity contribution >= 4 is 22.6 Å². The van der Waals surface area contributed by atoms with Crippen LogP contribution in [0.4, 0.5) is 10.1 Å². The van der Waals surface area contributed by atoms with Gasteiger partial charge in [0.1, 0.15) is 11.4 Å². The lowest BCUT2D eigenvalue weighted by Gasteiger charge is -2.26. The average Bonchev–Trinajstić information content (AvgIpc) is 3.26. The van der Waals surface area contributed by atoms with E-state index in [-0.39, 0.29) is 35.2 Å². The van der Waals surface area contributed by atoms with Gasteiger partial charge < -0.3 is 25.0 Å². The second-order valence-corrected chi connectivity index (χ2v) is 7.64. The van der Waals surface area contributed by atoms with Crippen molar-refractivity contribution in [2.45, 2.75) is 43.5 Å². The summed E-state index contributed by atoms with van der Waals surface area (Å²) in [5.74, 6) is -1.83. The number of hydrogen-bond acceptors (Lipinski definition) is 5. The molecule has 2 aromatic rings. The van der Waals surface area contributed by atoms with Crippen LogP contribution in [-0.2, 0) is 4.74 Å². The van der Waals surface area contributed by atoms with Gasteiger partial charge in [0.15, 0.2) is 0 Å². The highest BCUT2D eigenvalue weighted by molar-refractivity contribution is 5.93. The van der Waals surface area contributed by atoms with E-state index in [4.69, 9.17) is 10.5 Å². The van der Waals surface area contributed by atoms with E-state index >= 15 is 0 Å². The molecule has 1 aromatic carbocycles. The third-order valence-corrected chi connectivity index (χ3v) is 5.91. The minimum atomic E-state index is -1.29. The van der Waals surface area contributed by atoms with E-state index in [2.05, 4.69) is 0 Å². The predicted molar refractivity (Wildman–Crippen MR) is 96.9 cm³/mol. The Balaban J connectivity index is 1.71. The number of carboxylic acids is 1. The summed E-state index contributed by atoms with van der Waals surface area (Å²) in [5, 5.41) is 9.44. The molecule has 3 atom stereocenters. The standard InChI is InChI=1S/C19H20FN3O4/c20-12-5-10-15(22(9-1-2-9)7-11(17(10)24)19(25)26)6-16(12)23-8-13(21)18-14(23)3-4-27-18/h5-7,9,13-14,18H,1-4,8,21H2,(H,25,26)/t13-,14-,18-/m1/s1. The van der Waals surface area contributed by atoms with Crippen LogP contribution in [0.3, 0.4) is 0 Å². The maximum absolute atomic E-state index is 15.0. The quantitative estimate of drug-likeness (QED) is 0.846. The van der Waals surface area contributed by atoms with Crippen LogP contribution >= 0.6 is 0 Å². The number of hydrogen-bond donors (Lipinski definition) is 2. The lowest BCUT2D eigenvalue weighted by Crippen LogP contribution is -2.35. The van der Waals surface area contributed by atoms with Crippen molar-refractivity contribution in [2.24, 2.45) is 5.73 Å². The first kappa shape index (κ1) is 16.7. The molecule has 1 aromatic heterocycles. The van der Waals surface area contributed by atoms with Gasteiger partial charge in [0, 0.05) is 30.8 Å². The van der Waals surface area contributed by atoms with Gasteiger partial charge in [0.25, 0.3) is 0 Å². The summed E-state index contributed by atoms with van der Waals surface area (Å²) in [6.07, 6.45) is 3.89. The monoisotopic (exact) mass is 373 g/mol. The number of nitrogens with zero attached hydrogens (tertiary/aromatic N) is 2. The van der Waals surface area contributed by atoms with E-state index < -0.39 is 17.2 Å². The molecular weight excluding hydrogens is 353 g/mol. The molecule has 3 heterocycles. The Labute approximate surface area is 154 Å². The van der Waals surface area contributed by atoms with Crippen LogP contribution in [0.25, 0.3) is 10.9 Å². The van der Waals surface area contributed by atoms with Crippen molar-refractivity contribution in [1.82, 2.24) is 4.57 Å². The summed E-state index contributed by atoms with van der Waals surface area (Å²) >= 11 is 0. The number of nitrogens with two attached hydrogens (primary N) is 1. The SMILES string of the molecule is N[C@@H]1CN(c2cc3c(cc2F)c(=O)c(C(=O)O)cn3C2CC2)[C@@H]2CCO[C@H]12. The predicted octanol–water partition coefficient (Wildman–Crippen LogP) is 1.48. The molecule has 7 nitrogen and oxygen atoms in total. The number of aromatic carboxylic acids is 1. The molecule has 1 saturated carbocycles. The van der Waals surface area contributed by atoms with E-state index in [1.807, 2.05) is 9.47 Å². The Morgan fingerprint density at radius 3 is 2.78 bits per heavy atom. The molecule has 27 heavy (non-hydrogen) atoms. The zero-order chi connectivity index (χ0) is 18.9. The molecule has 0 amide bonds. The number of aromatic nitrogens is 1. The van der Waals surface area contributed by atoms with Crippen molar-refractivity contribution in [3.05, 3.63) is 39.9 Å². The molecule has 3 aliphatic rings. The molecule has 3 fully saturated rings. The molecular formula is C19H20FN3O4. The maximum Gasteiger partial charge on any atom is 0.341 e. The highest BCUT2D eigenvalue weighted by Gasteiger charge is 2.45. The van der Waals surface area contributed by atoms with Gasteiger partial charge in [-0.05, 0) is 31.4 Å². The van der Waals surface area contributed by atoms with Crippen LogP contribution in [0.5, 0.6) is 0 Å². The zero-order valence-corrected chi connectivity index (χ0v) is 14.6. The number of ether oxygens (including phenoxy) is 1. The van der Waals surface area contributed by atoms with Gasteiger partial charge in [-0.3, -0.25) is 4.79 Å². The topological polar surface area (TPSA) is 97.8 Å². The van der Waals surface area contributed by atoms with Gasteiger partial charge in [-0.15, -0.1) is 0 Å². The molecule has 0 radical (unpaired) electrons. The van der Waals surface area contributed by atoms with E-state index in [1.165, 1.54) is 12.3 Å². The number of anilines is 1. The van der Waals surface area contributed by atoms with Gasteiger partial charge in [-0.25, -0.2) is 9.18 Å². The number of carboxylic acid groups (broad SMARTS) is 1. The van der Waals surface area contributed by atoms with Crippen LogP contribution in [0, 0.1) is 5.82 Å². The highest BCUT2D eigenvalue weighted by atomic mass is 19.1. The van der Waals surface area contributed by atoms with Crippen molar-refractivity contribution in [3.8, 4) is 0 Å². The van der Waals surface area contributed by atoms with E-state index in [0.717, 1.165) is 19.3 Å². The fraction of sp³-hybridized carbons (Fsp3) is 0.474. The van der Waals surface area contributed by atoms with Crippen molar-refractivity contribution in [1.29, 1.82) is 0 Å². The lowest BCUT2D eigenvalue weighted by molar-refractivity contribution is 0.0695. The number of rotatable bonds is 3. The Kier molecular flexibility index (Phi) is 3.57. The van der Waals surface area contributed by atoms with Crippen LogP contribution in [0.1, 0.15) is 35.7 Å². The fourth-order valence-corrected chi connectivity index (χ4v) is 4.47. The van der Waals surface area contributed by atoms with Gasteiger partial charge in [-0.2, -0.15) is 0 Å². The third-order valence-electron chi connectivity index (χ3n) is 5.91. The first-order chi connectivity index (χ1) is 13.0. The molecule has 142 valence electrons. The van der Waals surface area contributed by atoms with Crippen molar-refractivity contribution < 1.29 is 19.0 Å². The first-order valence-corrected chi connectivity index (χ1v) is 9.21. The summed E-state index contributed by atoms with van der Waals surface area (Å²) in [6, 6.07) is 2.82. The summed E-state index contributed by atoms with van der Waals surface area (Å²) in [5.41, 5.74) is 6.15. The highest BCUT2D eigenvalue weighted by Crippen LogP contribution is 2.40. The number of carbonyl (C=O) groups is 1. The molecule has 0 bridgehead atoms. The van der Waals surface area contributed by atoms with Gasteiger partial charge in [-0.1, -0.05) is 0 Å². The Bertz CT molecular complexity index is 1020. The van der Waals surface area contributed by atoms with E-state index in [0.29, 0.717) is 24.4 Å². The average molecular weight is 373 g/mol. The van der Waals surface area contributed by atoms with Crippen LogP contribution < -0.4 is 16.1 Å². The summed E-state index contributed by atoms with van der Waals surface area (Å²) in [7, 11) is 0. The normalized spacial score (nSPS) is 27.3. The van der Waals surface area contributed by atoms with Crippen LogP contribution in [0.15, 0.2) is 23.1 Å². The van der Waals surface area contributed by atoms with Crippen LogP contribution in [-0.4, -0.2) is 47.0 Å².